The number of nitro groups is 1. The Bertz CT molecular complexity index is 502. The SMILES string of the molecule is CC(C)NC(=O)CN(C)Cc1cc([N+](=O)[O-])ccc1N. The summed E-state index contributed by atoms with van der Waals surface area (Å²) in [6.45, 7) is 4.35. The Morgan fingerprint density at radius 1 is 1.50 bits per heavy atom. The number of nitrogens with two attached hydrogens (primary N) is 1. The first kappa shape index (κ1) is 15.9. The minimum absolute atomic E-state index is 0.00534. The average molecular weight is 280 g/mol. The highest BCUT2D eigenvalue weighted by Crippen LogP contribution is 2.20. The van der Waals surface area contributed by atoms with Crippen LogP contribution in [0.25, 0.3) is 0 Å². The molecule has 20 heavy (non-hydrogen) atoms. The topological polar surface area (TPSA) is 102 Å². The standard InChI is InChI=1S/C13H20N4O3/c1-9(2)15-13(18)8-16(3)7-10-6-11(17(19)20)4-5-12(10)14/h4-6,9H,7-8,14H2,1-3H3,(H,15,18). The minimum atomic E-state index is -0.464. The lowest BCUT2D eigenvalue weighted by atomic mass is 10.1. The highest BCUT2D eigenvalue weighted by atomic mass is 16.6. The fraction of sp³-hybridized carbons (Fsp3) is 0.462. The van der Waals surface area contributed by atoms with Gasteiger partial charge in [-0.1, -0.05) is 0 Å². The third-order valence-corrected chi connectivity index (χ3v) is 2.64. The van der Waals surface area contributed by atoms with Gasteiger partial charge >= 0.3 is 0 Å². The first-order valence-electron chi connectivity index (χ1n) is 6.30. The molecular formula is C13H20N4O3. The molecule has 1 aromatic rings. The number of nitro benzene ring substituents is 1. The summed E-state index contributed by atoms with van der Waals surface area (Å²) < 4.78 is 0. The van der Waals surface area contributed by atoms with Crippen LogP contribution in [0.3, 0.4) is 0 Å². The number of nitrogens with zero attached hydrogens (tertiary/aromatic N) is 2. The summed E-state index contributed by atoms with van der Waals surface area (Å²) in [4.78, 5) is 23.7. The summed E-state index contributed by atoms with van der Waals surface area (Å²) in [5, 5.41) is 13.5. The number of amides is 1. The normalized spacial score (nSPS) is 10.8. The molecule has 0 spiro atoms. The smallest absolute Gasteiger partial charge is 0.269 e. The molecule has 1 rings (SSSR count). The van der Waals surface area contributed by atoms with Crippen molar-refractivity contribution in [1.29, 1.82) is 0 Å². The molecule has 0 radical (unpaired) electrons. The van der Waals surface area contributed by atoms with Crippen molar-refractivity contribution in [1.82, 2.24) is 10.2 Å². The fourth-order valence-corrected chi connectivity index (χ4v) is 1.80. The molecule has 1 amide bonds. The van der Waals surface area contributed by atoms with Crippen molar-refractivity contribution in [2.75, 3.05) is 19.3 Å². The molecule has 0 aliphatic rings. The van der Waals surface area contributed by atoms with E-state index in [1.807, 2.05) is 13.8 Å². The Morgan fingerprint density at radius 3 is 2.70 bits per heavy atom. The molecule has 7 heteroatoms. The second-order valence-corrected chi connectivity index (χ2v) is 5.03. The van der Waals surface area contributed by atoms with Crippen molar-refractivity contribution in [3.05, 3.63) is 33.9 Å². The van der Waals surface area contributed by atoms with Crippen LogP contribution < -0.4 is 11.1 Å². The molecule has 0 saturated heterocycles. The van der Waals surface area contributed by atoms with E-state index in [4.69, 9.17) is 5.73 Å². The number of nitrogens with one attached hydrogen (secondary N) is 1. The summed E-state index contributed by atoms with van der Waals surface area (Å²) >= 11 is 0. The van der Waals surface area contributed by atoms with E-state index in [0.29, 0.717) is 17.8 Å². The Hall–Kier alpha value is -2.15. The van der Waals surface area contributed by atoms with Crippen LogP contribution in [0, 0.1) is 10.1 Å². The number of nitrogen functional groups attached to an aromatic ring is 1. The second kappa shape index (κ2) is 6.85. The lowest BCUT2D eigenvalue weighted by Crippen LogP contribution is -2.38. The van der Waals surface area contributed by atoms with Crippen LogP contribution in [0.1, 0.15) is 19.4 Å². The van der Waals surface area contributed by atoms with Gasteiger partial charge in [-0.25, -0.2) is 0 Å². The molecule has 0 saturated carbocycles. The van der Waals surface area contributed by atoms with Gasteiger partial charge in [0.1, 0.15) is 0 Å². The van der Waals surface area contributed by atoms with Crippen molar-refractivity contribution >= 4 is 17.3 Å². The third kappa shape index (κ3) is 4.85. The molecule has 0 unspecified atom stereocenters. The predicted octanol–water partition coefficient (Wildman–Crippen LogP) is 1.13. The number of anilines is 1. The van der Waals surface area contributed by atoms with Crippen LogP contribution >= 0.6 is 0 Å². The quantitative estimate of drug-likeness (QED) is 0.462. The number of carbonyl (C=O) groups excluding carboxylic acids is 1. The fourth-order valence-electron chi connectivity index (χ4n) is 1.80. The zero-order chi connectivity index (χ0) is 15.3. The molecular weight excluding hydrogens is 260 g/mol. The Labute approximate surface area is 117 Å². The van der Waals surface area contributed by atoms with E-state index in [-0.39, 0.29) is 24.2 Å². The first-order chi connectivity index (χ1) is 9.29. The van der Waals surface area contributed by atoms with Crippen molar-refractivity contribution in [2.45, 2.75) is 26.4 Å². The van der Waals surface area contributed by atoms with Gasteiger partial charge in [0, 0.05) is 30.4 Å². The minimum Gasteiger partial charge on any atom is -0.398 e. The van der Waals surface area contributed by atoms with E-state index in [1.54, 1.807) is 11.9 Å². The van der Waals surface area contributed by atoms with Crippen LogP contribution in [0.5, 0.6) is 0 Å². The average Bonchev–Trinajstić information content (AvgIpc) is 2.30. The lowest BCUT2D eigenvalue weighted by molar-refractivity contribution is -0.384. The molecule has 7 nitrogen and oxygen atoms in total. The van der Waals surface area contributed by atoms with Gasteiger partial charge in [0.25, 0.3) is 5.69 Å². The molecule has 0 bridgehead atoms. The maximum absolute atomic E-state index is 11.6. The molecule has 0 aliphatic heterocycles. The maximum atomic E-state index is 11.6. The van der Waals surface area contributed by atoms with Crippen molar-refractivity contribution in [2.24, 2.45) is 0 Å². The lowest BCUT2D eigenvalue weighted by Gasteiger charge is -2.18. The van der Waals surface area contributed by atoms with Crippen LogP contribution in [-0.4, -0.2) is 35.4 Å². The van der Waals surface area contributed by atoms with E-state index in [2.05, 4.69) is 5.32 Å². The highest BCUT2D eigenvalue weighted by molar-refractivity contribution is 5.78. The van der Waals surface area contributed by atoms with Crippen molar-refractivity contribution < 1.29 is 9.72 Å². The Kier molecular flexibility index (Phi) is 5.45. The van der Waals surface area contributed by atoms with Crippen LogP contribution in [0.15, 0.2) is 18.2 Å². The summed E-state index contributed by atoms with van der Waals surface area (Å²) in [5.74, 6) is -0.0912. The van der Waals surface area contributed by atoms with Gasteiger partial charge in [0.05, 0.1) is 11.5 Å². The van der Waals surface area contributed by atoms with Gasteiger partial charge in [-0.2, -0.15) is 0 Å². The van der Waals surface area contributed by atoms with Crippen molar-refractivity contribution in [3.63, 3.8) is 0 Å². The monoisotopic (exact) mass is 280 g/mol. The van der Waals surface area contributed by atoms with Gasteiger partial charge in [-0.3, -0.25) is 19.8 Å². The van der Waals surface area contributed by atoms with Gasteiger partial charge < -0.3 is 11.1 Å². The molecule has 0 atom stereocenters. The van der Waals surface area contributed by atoms with Crippen LogP contribution in [-0.2, 0) is 11.3 Å². The molecule has 0 fully saturated rings. The number of likely N-dealkylation sites (N-methyl/N-ethyl adjacent to an activating group) is 1. The van der Waals surface area contributed by atoms with E-state index in [9.17, 15) is 14.9 Å². The van der Waals surface area contributed by atoms with Gasteiger partial charge in [0.15, 0.2) is 0 Å². The zero-order valence-corrected chi connectivity index (χ0v) is 11.9. The summed E-state index contributed by atoms with van der Waals surface area (Å²) in [6.07, 6.45) is 0. The van der Waals surface area contributed by atoms with E-state index in [1.165, 1.54) is 18.2 Å². The first-order valence-corrected chi connectivity index (χ1v) is 6.30. The second-order valence-electron chi connectivity index (χ2n) is 5.03. The number of hydrogen-bond donors (Lipinski definition) is 2. The number of benzene rings is 1. The summed E-state index contributed by atoms with van der Waals surface area (Å²) in [5.41, 5.74) is 6.91. The van der Waals surface area contributed by atoms with Gasteiger partial charge in [-0.05, 0) is 32.5 Å². The van der Waals surface area contributed by atoms with Crippen LogP contribution in [0.2, 0.25) is 0 Å². The van der Waals surface area contributed by atoms with E-state index >= 15 is 0 Å². The largest absolute Gasteiger partial charge is 0.398 e. The Morgan fingerprint density at radius 2 is 2.15 bits per heavy atom. The predicted molar refractivity (Wildman–Crippen MR) is 77.1 cm³/mol. The molecule has 3 N–H and O–H groups in total. The number of carbonyl (C=O) groups is 1. The van der Waals surface area contributed by atoms with Crippen LogP contribution in [0.4, 0.5) is 11.4 Å². The van der Waals surface area contributed by atoms with E-state index in [0.717, 1.165) is 0 Å². The summed E-state index contributed by atoms with van der Waals surface area (Å²) in [7, 11) is 1.76. The Balaban J connectivity index is 2.70. The molecule has 0 heterocycles. The number of non-ortho nitro benzene ring substituents is 1. The molecule has 1 aromatic carbocycles. The number of hydrogen-bond acceptors (Lipinski definition) is 5. The number of rotatable bonds is 6. The third-order valence-electron chi connectivity index (χ3n) is 2.64. The van der Waals surface area contributed by atoms with Gasteiger partial charge in [-0.15, -0.1) is 0 Å². The highest BCUT2D eigenvalue weighted by Gasteiger charge is 2.13. The van der Waals surface area contributed by atoms with Gasteiger partial charge in [0.2, 0.25) is 5.91 Å². The molecule has 110 valence electrons. The summed E-state index contributed by atoms with van der Waals surface area (Å²) in [6, 6.07) is 4.39. The maximum Gasteiger partial charge on any atom is 0.269 e. The van der Waals surface area contributed by atoms with E-state index < -0.39 is 4.92 Å². The molecule has 0 aromatic heterocycles. The van der Waals surface area contributed by atoms with Crippen molar-refractivity contribution in [3.8, 4) is 0 Å². The molecule has 0 aliphatic carbocycles. The zero-order valence-electron chi connectivity index (χ0n) is 11.9.